The Kier molecular flexibility index (Phi) is 8.86. The quantitative estimate of drug-likeness (QED) is 0.338. The number of carbonyl (C=O) groups is 2. The molecule has 0 aromatic carbocycles. The Balaban J connectivity index is 0. The van der Waals surface area contributed by atoms with E-state index in [1.165, 1.54) is 0 Å². The first-order valence-corrected chi connectivity index (χ1v) is 3.30. The molecule has 0 spiro atoms. The van der Waals surface area contributed by atoms with Gasteiger partial charge in [0.15, 0.2) is 0 Å². The van der Waals surface area contributed by atoms with Crippen LogP contribution in [-0.2, 0) is 19.1 Å². The van der Waals surface area contributed by atoms with E-state index in [1.54, 1.807) is 0 Å². The maximum atomic E-state index is 10.3. The van der Waals surface area contributed by atoms with Crippen LogP contribution in [0.3, 0.4) is 0 Å². The van der Waals surface area contributed by atoms with Gasteiger partial charge in [0.25, 0.3) is 5.79 Å². The zero-order valence-electron chi connectivity index (χ0n) is 8.07. The van der Waals surface area contributed by atoms with Crippen molar-refractivity contribution in [1.82, 2.24) is 0 Å². The third-order valence-electron chi connectivity index (χ3n) is 1.44. The third kappa shape index (κ3) is 3.46. The van der Waals surface area contributed by atoms with Crippen LogP contribution in [0.1, 0.15) is 6.42 Å². The molecule has 8 heteroatoms. The van der Waals surface area contributed by atoms with Crippen molar-refractivity contribution in [1.29, 1.82) is 0 Å². The maximum absolute atomic E-state index is 10.3. The SMILES string of the molecule is O=C([O-])C1(C(=O)[O-])OCCCO1.[Na+].[Na+]. The van der Waals surface area contributed by atoms with Crippen molar-refractivity contribution < 1.29 is 88.4 Å². The fourth-order valence-electron chi connectivity index (χ4n) is 0.851. The number of hydrogen-bond donors (Lipinski definition) is 0. The van der Waals surface area contributed by atoms with Crippen molar-refractivity contribution in [3.8, 4) is 0 Å². The molecule has 1 saturated heterocycles. The summed E-state index contributed by atoms with van der Waals surface area (Å²) in [5.74, 6) is -6.59. The second kappa shape index (κ2) is 7.19. The fourth-order valence-corrected chi connectivity index (χ4v) is 0.851. The van der Waals surface area contributed by atoms with Gasteiger partial charge in [-0.3, -0.25) is 0 Å². The van der Waals surface area contributed by atoms with Crippen LogP contribution < -0.4 is 69.3 Å². The molecule has 1 fully saturated rings. The van der Waals surface area contributed by atoms with Crippen LogP contribution in [0.15, 0.2) is 0 Å². The van der Waals surface area contributed by atoms with Gasteiger partial charge >= 0.3 is 59.1 Å². The molecule has 0 saturated carbocycles. The minimum absolute atomic E-state index is 0. The third-order valence-corrected chi connectivity index (χ3v) is 1.44. The van der Waals surface area contributed by atoms with E-state index in [9.17, 15) is 19.8 Å². The average Bonchev–Trinajstić information content (AvgIpc) is 2.05. The van der Waals surface area contributed by atoms with Crippen molar-refractivity contribution in [2.24, 2.45) is 0 Å². The fraction of sp³-hybridized carbons (Fsp3) is 0.667. The number of carboxylic acids is 2. The van der Waals surface area contributed by atoms with Crippen molar-refractivity contribution in [3.05, 3.63) is 0 Å². The first kappa shape index (κ1) is 17.3. The van der Waals surface area contributed by atoms with Gasteiger partial charge in [-0.2, -0.15) is 0 Å². The zero-order valence-corrected chi connectivity index (χ0v) is 12.1. The first-order valence-electron chi connectivity index (χ1n) is 3.30. The monoisotopic (exact) mass is 220 g/mol. The summed E-state index contributed by atoms with van der Waals surface area (Å²) in [6.07, 6.45) is 0.447. The molecule has 0 aromatic heterocycles. The molecule has 6 nitrogen and oxygen atoms in total. The number of carboxylic acid groups (broad SMARTS) is 2. The molecule has 68 valence electrons. The van der Waals surface area contributed by atoms with E-state index in [4.69, 9.17) is 0 Å². The Bertz CT molecular complexity index is 196. The molecule has 0 radical (unpaired) electrons. The second-order valence-corrected chi connectivity index (χ2v) is 2.24. The molecular formula is C6H6Na2O6. The number of aliphatic carboxylic acids is 2. The molecule has 0 N–H and O–H groups in total. The number of rotatable bonds is 2. The van der Waals surface area contributed by atoms with Crippen LogP contribution in [0, 0.1) is 0 Å². The summed E-state index contributed by atoms with van der Waals surface area (Å²) in [7, 11) is 0. The first-order chi connectivity index (χ1) is 5.59. The van der Waals surface area contributed by atoms with E-state index < -0.39 is 17.7 Å². The zero-order chi connectivity index (χ0) is 9.19. The van der Waals surface area contributed by atoms with E-state index in [0.717, 1.165) is 0 Å². The Morgan fingerprint density at radius 2 is 1.36 bits per heavy atom. The van der Waals surface area contributed by atoms with Crippen molar-refractivity contribution in [2.45, 2.75) is 12.2 Å². The number of hydrogen-bond acceptors (Lipinski definition) is 6. The maximum Gasteiger partial charge on any atom is 1.00 e. The van der Waals surface area contributed by atoms with E-state index in [-0.39, 0.29) is 72.3 Å². The molecule has 0 atom stereocenters. The van der Waals surface area contributed by atoms with Gasteiger partial charge in [-0.15, -0.1) is 0 Å². The van der Waals surface area contributed by atoms with Crippen LogP contribution in [0.25, 0.3) is 0 Å². The second-order valence-electron chi connectivity index (χ2n) is 2.24. The van der Waals surface area contributed by atoms with Gasteiger partial charge in [-0.1, -0.05) is 0 Å². The van der Waals surface area contributed by atoms with Gasteiger partial charge < -0.3 is 29.3 Å². The molecule has 0 aliphatic carbocycles. The molecule has 0 unspecified atom stereocenters. The van der Waals surface area contributed by atoms with Crippen LogP contribution in [0.4, 0.5) is 0 Å². The van der Waals surface area contributed by atoms with Crippen LogP contribution in [-0.4, -0.2) is 30.9 Å². The van der Waals surface area contributed by atoms with Crippen LogP contribution in [0.2, 0.25) is 0 Å². The minimum Gasteiger partial charge on any atom is -0.544 e. The predicted molar refractivity (Wildman–Crippen MR) is 29.3 cm³/mol. The summed E-state index contributed by atoms with van der Waals surface area (Å²) in [5, 5.41) is 20.7. The predicted octanol–water partition coefficient (Wildman–Crippen LogP) is -9.37. The Hall–Kier alpha value is 0.860. The van der Waals surface area contributed by atoms with Crippen LogP contribution >= 0.6 is 0 Å². The number of carbonyl (C=O) groups excluding carboxylic acids is 2. The topological polar surface area (TPSA) is 98.7 Å². The summed E-state index contributed by atoms with van der Waals surface area (Å²) in [5.41, 5.74) is 0. The molecule has 1 aliphatic heterocycles. The smallest absolute Gasteiger partial charge is 0.544 e. The van der Waals surface area contributed by atoms with Crippen molar-refractivity contribution in [2.75, 3.05) is 13.2 Å². The van der Waals surface area contributed by atoms with E-state index >= 15 is 0 Å². The number of ether oxygens (including phenoxy) is 2. The Morgan fingerprint density at radius 1 is 1.00 bits per heavy atom. The molecule has 1 rings (SSSR count). The summed E-state index contributed by atoms with van der Waals surface area (Å²) in [6, 6.07) is 0. The summed E-state index contributed by atoms with van der Waals surface area (Å²) < 4.78 is 8.88. The van der Waals surface area contributed by atoms with Crippen molar-refractivity contribution in [3.63, 3.8) is 0 Å². The summed E-state index contributed by atoms with van der Waals surface area (Å²) >= 11 is 0. The van der Waals surface area contributed by atoms with E-state index in [2.05, 4.69) is 9.47 Å². The Labute approximate surface area is 125 Å². The van der Waals surface area contributed by atoms with E-state index in [0.29, 0.717) is 6.42 Å². The minimum atomic E-state index is -2.71. The van der Waals surface area contributed by atoms with Gasteiger partial charge in [0.1, 0.15) is 11.9 Å². The Morgan fingerprint density at radius 3 is 1.57 bits per heavy atom. The molecule has 1 aliphatic rings. The molecular weight excluding hydrogens is 214 g/mol. The van der Waals surface area contributed by atoms with Gasteiger partial charge in [0, 0.05) is 0 Å². The molecule has 14 heavy (non-hydrogen) atoms. The summed E-state index contributed by atoms with van der Waals surface area (Å²) in [6.45, 7) is 0.00389. The van der Waals surface area contributed by atoms with Gasteiger partial charge in [0.05, 0.1) is 13.2 Å². The normalized spacial score (nSPS) is 18.6. The molecule has 0 amide bonds. The van der Waals surface area contributed by atoms with Crippen molar-refractivity contribution >= 4 is 11.9 Å². The molecule has 0 aromatic rings. The molecule has 0 bridgehead atoms. The largest absolute Gasteiger partial charge is 1.00 e. The van der Waals surface area contributed by atoms with Gasteiger partial charge in [0.2, 0.25) is 0 Å². The van der Waals surface area contributed by atoms with Gasteiger partial charge in [-0.25, -0.2) is 0 Å². The summed E-state index contributed by atoms with van der Waals surface area (Å²) in [4.78, 5) is 20.7. The molecule has 1 heterocycles. The standard InChI is InChI=1S/C6H8O6.2Na/c7-4(8)6(5(9)10)11-2-1-3-12-6;;/h1-3H2,(H,7,8)(H,9,10);;/q;2*+1/p-2. The van der Waals surface area contributed by atoms with Crippen LogP contribution in [0.5, 0.6) is 0 Å². The average molecular weight is 220 g/mol. The van der Waals surface area contributed by atoms with Gasteiger partial charge in [-0.05, 0) is 6.42 Å². The van der Waals surface area contributed by atoms with E-state index in [1.807, 2.05) is 0 Å².